The van der Waals surface area contributed by atoms with Gasteiger partial charge in [0, 0.05) is 32.4 Å². The minimum atomic E-state index is 0. The van der Waals surface area contributed by atoms with Crippen LogP contribution in [0.5, 0.6) is 0 Å². The van der Waals surface area contributed by atoms with E-state index in [0.717, 1.165) is 23.6 Å². The van der Waals surface area contributed by atoms with Gasteiger partial charge in [0.05, 0.1) is 23.3 Å². The summed E-state index contributed by atoms with van der Waals surface area (Å²) in [5.41, 5.74) is 4.49. The van der Waals surface area contributed by atoms with E-state index in [1.807, 2.05) is 49.7 Å². The van der Waals surface area contributed by atoms with Gasteiger partial charge in [0.15, 0.2) is 0 Å². The molecule has 6 heteroatoms. The van der Waals surface area contributed by atoms with E-state index in [-0.39, 0.29) is 12.4 Å². The normalized spacial score (nSPS) is 10.1. The van der Waals surface area contributed by atoms with Crippen LogP contribution in [0.4, 0.5) is 5.69 Å². The van der Waals surface area contributed by atoms with Crippen molar-refractivity contribution in [2.24, 2.45) is 14.1 Å². The average Bonchev–Trinajstić information content (AvgIpc) is 2.70. The quantitative estimate of drug-likeness (QED) is 0.910. The van der Waals surface area contributed by atoms with E-state index in [1.54, 1.807) is 0 Å². The Hall–Kier alpha value is -1.49. The number of aromatic nitrogens is 4. The summed E-state index contributed by atoms with van der Waals surface area (Å²) in [5.74, 6) is 0. The fraction of sp³-hybridized carbons (Fsp3) is 0.455. The molecule has 0 amide bonds. The molecular weight excluding hydrogens is 238 g/mol. The Labute approximate surface area is 107 Å². The molecule has 0 aliphatic rings. The first kappa shape index (κ1) is 13.6. The zero-order valence-electron chi connectivity index (χ0n) is 10.6. The van der Waals surface area contributed by atoms with Crippen LogP contribution in [-0.2, 0) is 20.6 Å². The summed E-state index contributed by atoms with van der Waals surface area (Å²) in [6.07, 6.45) is 3.88. The van der Waals surface area contributed by atoms with E-state index < -0.39 is 0 Å². The molecule has 5 nitrogen and oxygen atoms in total. The van der Waals surface area contributed by atoms with E-state index in [4.69, 9.17) is 0 Å². The summed E-state index contributed by atoms with van der Waals surface area (Å²) in [6, 6.07) is 0. The molecule has 2 heterocycles. The highest BCUT2D eigenvalue weighted by molar-refractivity contribution is 5.85. The lowest BCUT2D eigenvalue weighted by Crippen LogP contribution is -2.01. The lowest BCUT2D eigenvalue weighted by Gasteiger charge is -2.04. The van der Waals surface area contributed by atoms with Crippen molar-refractivity contribution in [2.75, 3.05) is 5.32 Å². The van der Waals surface area contributed by atoms with Crippen molar-refractivity contribution < 1.29 is 0 Å². The minimum Gasteiger partial charge on any atom is -0.378 e. The van der Waals surface area contributed by atoms with Gasteiger partial charge in [-0.05, 0) is 13.8 Å². The number of hydrogen-bond donors (Lipinski definition) is 1. The second-order valence-corrected chi connectivity index (χ2v) is 4.03. The molecule has 0 saturated carbocycles. The molecule has 0 radical (unpaired) electrons. The van der Waals surface area contributed by atoms with Gasteiger partial charge >= 0.3 is 0 Å². The van der Waals surface area contributed by atoms with Crippen molar-refractivity contribution >= 4 is 18.1 Å². The summed E-state index contributed by atoms with van der Waals surface area (Å²) in [7, 11) is 3.88. The molecule has 2 aromatic heterocycles. The number of hydrogen-bond acceptors (Lipinski definition) is 3. The first-order valence-corrected chi connectivity index (χ1v) is 5.29. The van der Waals surface area contributed by atoms with Crippen molar-refractivity contribution in [2.45, 2.75) is 20.4 Å². The molecule has 0 saturated heterocycles. The topological polar surface area (TPSA) is 47.7 Å². The fourth-order valence-electron chi connectivity index (χ4n) is 1.68. The van der Waals surface area contributed by atoms with Crippen LogP contribution in [0.1, 0.15) is 17.0 Å². The van der Waals surface area contributed by atoms with Crippen LogP contribution in [0.15, 0.2) is 12.4 Å². The largest absolute Gasteiger partial charge is 0.378 e. The maximum absolute atomic E-state index is 4.31. The maximum atomic E-state index is 4.31. The minimum absolute atomic E-state index is 0. The lowest BCUT2D eigenvalue weighted by molar-refractivity contribution is 0.740. The van der Waals surface area contributed by atoms with Crippen LogP contribution in [-0.4, -0.2) is 19.6 Å². The molecule has 0 fully saturated rings. The Morgan fingerprint density at radius 2 is 2.00 bits per heavy atom. The molecule has 94 valence electrons. The van der Waals surface area contributed by atoms with Crippen molar-refractivity contribution in [3.63, 3.8) is 0 Å². The summed E-state index contributed by atoms with van der Waals surface area (Å²) >= 11 is 0. The first-order valence-electron chi connectivity index (χ1n) is 5.29. The summed E-state index contributed by atoms with van der Waals surface area (Å²) in [6.45, 7) is 4.85. The highest BCUT2D eigenvalue weighted by Gasteiger charge is 2.05. The molecule has 0 aliphatic heterocycles. The molecule has 0 unspecified atom stereocenters. The van der Waals surface area contributed by atoms with Crippen molar-refractivity contribution in [1.82, 2.24) is 19.6 Å². The SMILES string of the molecule is Cc1nn(C)cc1CNc1cnn(C)c1C.Cl. The standard InChI is InChI=1S/C11H17N5.ClH/c1-8-10(7-15(3)14-8)5-12-11-6-13-16(4)9(11)2;/h6-7,12H,5H2,1-4H3;1H. The molecule has 2 aromatic rings. The zero-order chi connectivity index (χ0) is 11.7. The number of halogens is 1. The van der Waals surface area contributed by atoms with Gasteiger partial charge in [-0.15, -0.1) is 12.4 Å². The van der Waals surface area contributed by atoms with E-state index in [2.05, 4.69) is 15.5 Å². The molecule has 0 spiro atoms. The van der Waals surface area contributed by atoms with Crippen LogP contribution >= 0.6 is 12.4 Å². The smallest absolute Gasteiger partial charge is 0.0758 e. The average molecular weight is 256 g/mol. The Bertz CT molecular complexity index is 498. The van der Waals surface area contributed by atoms with Gasteiger partial charge in [0.25, 0.3) is 0 Å². The van der Waals surface area contributed by atoms with Crippen LogP contribution < -0.4 is 5.32 Å². The van der Waals surface area contributed by atoms with E-state index >= 15 is 0 Å². The molecule has 0 aromatic carbocycles. The van der Waals surface area contributed by atoms with Crippen molar-refractivity contribution in [3.8, 4) is 0 Å². The highest BCUT2D eigenvalue weighted by Crippen LogP contribution is 2.14. The van der Waals surface area contributed by atoms with Gasteiger partial charge in [0.1, 0.15) is 0 Å². The Morgan fingerprint density at radius 3 is 2.47 bits per heavy atom. The van der Waals surface area contributed by atoms with Gasteiger partial charge in [0.2, 0.25) is 0 Å². The molecule has 17 heavy (non-hydrogen) atoms. The molecular formula is C11H18ClN5. The molecule has 2 rings (SSSR count). The summed E-state index contributed by atoms with van der Waals surface area (Å²) in [4.78, 5) is 0. The van der Waals surface area contributed by atoms with Crippen LogP contribution in [0.25, 0.3) is 0 Å². The monoisotopic (exact) mass is 255 g/mol. The predicted octanol–water partition coefficient (Wildman–Crippen LogP) is 1.80. The van der Waals surface area contributed by atoms with Gasteiger partial charge < -0.3 is 5.32 Å². The van der Waals surface area contributed by atoms with Crippen LogP contribution in [0.2, 0.25) is 0 Å². The Kier molecular flexibility index (Phi) is 4.17. The second kappa shape index (κ2) is 5.23. The van der Waals surface area contributed by atoms with Crippen molar-refractivity contribution in [3.05, 3.63) is 29.3 Å². The zero-order valence-corrected chi connectivity index (χ0v) is 11.4. The third-order valence-electron chi connectivity index (χ3n) is 2.82. The van der Waals surface area contributed by atoms with Crippen molar-refractivity contribution in [1.29, 1.82) is 0 Å². The van der Waals surface area contributed by atoms with Gasteiger partial charge in [-0.3, -0.25) is 9.36 Å². The second-order valence-electron chi connectivity index (χ2n) is 4.03. The van der Waals surface area contributed by atoms with E-state index in [1.165, 1.54) is 5.56 Å². The number of nitrogens with zero attached hydrogens (tertiary/aromatic N) is 4. The molecule has 0 aliphatic carbocycles. The Balaban J connectivity index is 0.00000144. The van der Waals surface area contributed by atoms with E-state index in [9.17, 15) is 0 Å². The Morgan fingerprint density at radius 1 is 1.29 bits per heavy atom. The first-order chi connectivity index (χ1) is 7.58. The number of anilines is 1. The third kappa shape index (κ3) is 2.79. The van der Waals surface area contributed by atoms with Gasteiger partial charge in [-0.25, -0.2) is 0 Å². The summed E-state index contributed by atoms with van der Waals surface area (Å²) < 4.78 is 3.70. The highest BCUT2D eigenvalue weighted by atomic mass is 35.5. The molecule has 0 atom stereocenters. The number of aryl methyl sites for hydroxylation is 3. The van der Waals surface area contributed by atoms with Crippen LogP contribution in [0, 0.1) is 13.8 Å². The predicted molar refractivity (Wildman–Crippen MR) is 70.5 cm³/mol. The fourth-order valence-corrected chi connectivity index (χ4v) is 1.68. The third-order valence-corrected chi connectivity index (χ3v) is 2.82. The van der Waals surface area contributed by atoms with Crippen LogP contribution in [0.3, 0.4) is 0 Å². The van der Waals surface area contributed by atoms with E-state index in [0.29, 0.717) is 0 Å². The number of rotatable bonds is 3. The molecule has 1 N–H and O–H groups in total. The number of nitrogens with one attached hydrogen (secondary N) is 1. The lowest BCUT2D eigenvalue weighted by atomic mass is 10.2. The molecule has 0 bridgehead atoms. The van der Waals surface area contributed by atoms with Gasteiger partial charge in [-0.1, -0.05) is 0 Å². The van der Waals surface area contributed by atoms with Gasteiger partial charge in [-0.2, -0.15) is 10.2 Å². The maximum Gasteiger partial charge on any atom is 0.0758 e. The summed E-state index contributed by atoms with van der Waals surface area (Å²) in [5, 5.41) is 11.9.